The molecule has 7 heteroatoms. The molecular weight excluding hydrogens is 327 g/mol. The number of nitrogens with one attached hydrogen (secondary N) is 2. The molecule has 2 N–H and O–H groups in total. The number of halogens is 1. The zero-order valence-corrected chi connectivity index (χ0v) is 14.2. The quantitative estimate of drug-likeness (QED) is 0.621. The maximum atomic E-state index is 12.9. The lowest BCUT2D eigenvalue weighted by Crippen LogP contribution is -2.25. The number of ketones is 1. The highest BCUT2D eigenvalue weighted by atomic mass is 19.1. The Hall–Kier alpha value is -2.96. The molecule has 1 aromatic carbocycles. The third-order valence-electron chi connectivity index (χ3n) is 3.81. The van der Waals surface area contributed by atoms with Crippen LogP contribution in [0.15, 0.2) is 24.3 Å². The highest BCUT2D eigenvalue weighted by Gasteiger charge is 2.24. The van der Waals surface area contributed by atoms with E-state index in [4.69, 9.17) is 4.74 Å². The first-order chi connectivity index (χ1) is 11.8. The number of aromatic amines is 1. The van der Waals surface area contributed by atoms with Crippen LogP contribution in [-0.2, 0) is 22.5 Å². The van der Waals surface area contributed by atoms with E-state index in [-0.39, 0.29) is 41.7 Å². The Bertz CT molecular complexity index is 809. The van der Waals surface area contributed by atoms with Crippen LogP contribution in [0, 0.1) is 12.7 Å². The van der Waals surface area contributed by atoms with Crippen LogP contribution < -0.4 is 5.32 Å². The van der Waals surface area contributed by atoms with Gasteiger partial charge in [0.2, 0.25) is 5.91 Å². The summed E-state index contributed by atoms with van der Waals surface area (Å²) in [5, 5.41) is 2.69. The van der Waals surface area contributed by atoms with Crippen molar-refractivity contribution in [3.8, 4) is 0 Å². The van der Waals surface area contributed by atoms with Gasteiger partial charge in [-0.2, -0.15) is 0 Å². The smallest absolute Gasteiger partial charge is 0.339 e. The molecular formula is C18H19FN2O4. The van der Waals surface area contributed by atoms with Gasteiger partial charge < -0.3 is 15.0 Å². The molecule has 0 saturated carbocycles. The molecule has 6 nitrogen and oxygen atoms in total. The predicted octanol–water partition coefficient (Wildman–Crippen LogP) is 2.31. The number of aromatic nitrogens is 1. The lowest BCUT2D eigenvalue weighted by atomic mass is 10.1. The molecule has 132 valence electrons. The van der Waals surface area contributed by atoms with Gasteiger partial charge >= 0.3 is 5.97 Å². The normalized spacial score (nSPS) is 10.4. The number of benzene rings is 1. The van der Waals surface area contributed by atoms with Crippen molar-refractivity contribution < 1.29 is 23.5 Å². The minimum atomic E-state index is -0.609. The summed E-state index contributed by atoms with van der Waals surface area (Å²) in [6.45, 7) is 3.23. The van der Waals surface area contributed by atoms with Crippen molar-refractivity contribution in [2.75, 3.05) is 7.11 Å². The molecule has 0 fully saturated rings. The fourth-order valence-corrected chi connectivity index (χ4v) is 2.55. The van der Waals surface area contributed by atoms with Crippen LogP contribution in [0.2, 0.25) is 0 Å². The Kier molecular flexibility index (Phi) is 5.69. The number of esters is 1. The minimum Gasteiger partial charge on any atom is -0.465 e. The van der Waals surface area contributed by atoms with E-state index in [9.17, 15) is 18.8 Å². The number of H-pyrrole nitrogens is 1. The van der Waals surface area contributed by atoms with Gasteiger partial charge in [0.15, 0.2) is 5.78 Å². The zero-order valence-electron chi connectivity index (χ0n) is 14.2. The predicted molar refractivity (Wildman–Crippen MR) is 88.8 cm³/mol. The fourth-order valence-electron chi connectivity index (χ4n) is 2.55. The monoisotopic (exact) mass is 346 g/mol. The number of ether oxygens (including phenoxy) is 1. The van der Waals surface area contributed by atoms with Gasteiger partial charge in [-0.1, -0.05) is 12.1 Å². The molecule has 2 rings (SSSR count). The molecule has 25 heavy (non-hydrogen) atoms. The van der Waals surface area contributed by atoms with Crippen molar-refractivity contribution in [3.63, 3.8) is 0 Å². The topological polar surface area (TPSA) is 88.3 Å². The molecule has 0 aliphatic rings. The molecule has 1 amide bonds. The summed E-state index contributed by atoms with van der Waals surface area (Å²) >= 11 is 0. The summed E-state index contributed by atoms with van der Waals surface area (Å²) in [5.74, 6) is -1.54. The molecule has 0 aliphatic heterocycles. The number of carbonyl (C=O) groups excluding carboxylic acids is 3. The lowest BCUT2D eigenvalue weighted by molar-refractivity contribution is -0.120. The second-order valence-electron chi connectivity index (χ2n) is 5.61. The van der Waals surface area contributed by atoms with Gasteiger partial charge in [0.25, 0.3) is 0 Å². The lowest BCUT2D eigenvalue weighted by Gasteiger charge is -2.06. The third-order valence-corrected chi connectivity index (χ3v) is 3.81. The largest absolute Gasteiger partial charge is 0.465 e. The van der Waals surface area contributed by atoms with Gasteiger partial charge in [-0.3, -0.25) is 9.59 Å². The van der Waals surface area contributed by atoms with Crippen LogP contribution in [0.25, 0.3) is 0 Å². The maximum absolute atomic E-state index is 12.9. The highest BCUT2D eigenvalue weighted by Crippen LogP contribution is 2.20. The first-order valence-electron chi connectivity index (χ1n) is 7.65. The average Bonchev–Trinajstić information content (AvgIpc) is 2.90. The standard InChI is InChI=1S/C18H19FN2O4/c1-10-16(18(24)25-3)14(21-17(10)11(2)22)8-15(23)20-9-12-4-6-13(19)7-5-12/h4-7,21H,8-9H2,1-3H3,(H,20,23). The Morgan fingerprint density at radius 2 is 1.84 bits per heavy atom. The molecule has 0 saturated heterocycles. The Morgan fingerprint density at radius 1 is 1.20 bits per heavy atom. The first-order valence-corrected chi connectivity index (χ1v) is 7.65. The fraction of sp³-hybridized carbons (Fsp3) is 0.278. The van der Waals surface area contributed by atoms with Gasteiger partial charge in [0.1, 0.15) is 5.82 Å². The summed E-state index contributed by atoms with van der Waals surface area (Å²) in [6.07, 6.45) is -0.111. The van der Waals surface area contributed by atoms with E-state index in [1.165, 1.54) is 26.2 Å². The Morgan fingerprint density at radius 3 is 2.40 bits per heavy atom. The number of amides is 1. The molecule has 0 radical (unpaired) electrons. The van der Waals surface area contributed by atoms with E-state index < -0.39 is 5.97 Å². The second-order valence-corrected chi connectivity index (χ2v) is 5.61. The van der Waals surface area contributed by atoms with E-state index in [1.807, 2.05) is 0 Å². The van der Waals surface area contributed by atoms with Crippen molar-refractivity contribution in [2.45, 2.75) is 26.8 Å². The zero-order chi connectivity index (χ0) is 18.6. The Balaban J connectivity index is 2.14. The van der Waals surface area contributed by atoms with E-state index in [2.05, 4.69) is 10.3 Å². The van der Waals surface area contributed by atoms with Crippen LogP contribution in [0.3, 0.4) is 0 Å². The van der Waals surface area contributed by atoms with Crippen molar-refractivity contribution in [2.24, 2.45) is 0 Å². The summed E-state index contributed by atoms with van der Waals surface area (Å²) in [5.41, 5.74) is 2.01. The number of hydrogen-bond donors (Lipinski definition) is 2. The van der Waals surface area contributed by atoms with Crippen LogP contribution in [0.5, 0.6) is 0 Å². The molecule has 0 spiro atoms. The molecule has 0 bridgehead atoms. The summed E-state index contributed by atoms with van der Waals surface area (Å²) in [7, 11) is 1.24. The van der Waals surface area contributed by atoms with Gasteiger partial charge in [-0.15, -0.1) is 0 Å². The molecule has 2 aromatic rings. The van der Waals surface area contributed by atoms with Crippen molar-refractivity contribution >= 4 is 17.7 Å². The summed E-state index contributed by atoms with van der Waals surface area (Å²) in [6, 6.07) is 5.76. The third kappa shape index (κ3) is 4.32. The van der Waals surface area contributed by atoms with Crippen molar-refractivity contribution in [1.82, 2.24) is 10.3 Å². The van der Waals surface area contributed by atoms with E-state index in [0.717, 1.165) is 5.56 Å². The molecule has 0 aliphatic carbocycles. The van der Waals surface area contributed by atoms with Gasteiger partial charge in [0.05, 0.1) is 24.8 Å². The molecule has 0 atom stereocenters. The van der Waals surface area contributed by atoms with E-state index in [1.54, 1.807) is 19.1 Å². The van der Waals surface area contributed by atoms with Crippen LogP contribution in [0.1, 0.15) is 44.6 Å². The van der Waals surface area contributed by atoms with Crippen LogP contribution in [-0.4, -0.2) is 29.8 Å². The second kappa shape index (κ2) is 7.74. The maximum Gasteiger partial charge on any atom is 0.339 e. The minimum absolute atomic E-state index is 0.111. The van der Waals surface area contributed by atoms with Crippen molar-refractivity contribution in [3.05, 3.63) is 58.2 Å². The van der Waals surface area contributed by atoms with Gasteiger partial charge in [0, 0.05) is 19.2 Å². The number of hydrogen-bond acceptors (Lipinski definition) is 4. The molecule has 1 aromatic heterocycles. The molecule has 1 heterocycles. The summed E-state index contributed by atoms with van der Waals surface area (Å²) < 4.78 is 17.6. The van der Waals surface area contributed by atoms with E-state index in [0.29, 0.717) is 11.3 Å². The number of carbonyl (C=O) groups is 3. The first kappa shape index (κ1) is 18.4. The van der Waals surface area contributed by atoms with E-state index >= 15 is 0 Å². The Labute approximate surface area is 144 Å². The average molecular weight is 346 g/mol. The SMILES string of the molecule is COC(=O)c1c(CC(=O)NCc2ccc(F)cc2)[nH]c(C(C)=O)c1C. The van der Waals surface area contributed by atoms with Gasteiger partial charge in [-0.05, 0) is 30.2 Å². The molecule has 0 unspecified atom stereocenters. The van der Waals surface area contributed by atoms with Crippen LogP contribution >= 0.6 is 0 Å². The number of methoxy groups -OCH3 is 1. The number of rotatable bonds is 6. The van der Waals surface area contributed by atoms with Gasteiger partial charge in [-0.25, -0.2) is 9.18 Å². The van der Waals surface area contributed by atoms with Crippen LogP contribution in [0.4, 0.5) is 4.39 Å². The van der Waals surface area contributed by atoms with Crippen molar-refractivity contribution in [1.29, 1.82) is 0 Å². The number of Topliss-reactive ketones (excluding diaryl/α,β-unsaturated/α-hetero) is 1. The summed E-state index contributed by atoms with van der Waals surface area (Å²) in [4.78, 5) is 38.6. The highest BCUT2D eigenvalue weighted by molar-refractivity contribution is 6.01.